The molecule has 1 saturated carbocycles. The van der Waals surface area contributed by atoms with Crippen LogP contribution in [0, 0.1) is 0 Å². The van der Waals surface area contributed by atoms with Gasteiger partial charge in [0.25, 0.3) is 11.8 Å². The summed E-state index contributed by atoms with van der Waals surface area (Å²) in [5.41, 5.74) is 1.43. The van der Waals surface area contributed by atoms with E-state index >= 15 is 0 Å². The van der Waals surface area contributed by atoms with Crippen molar-refractivity contribution in [1.82, 2.24) is 10.0 Å². The van der Waals surface area contributed by atoms with Crippen molar-refractivity contribution in [2.24, 2.45) is 0 Å². The molecule has 1 aliphatic rings. The predicted molar refractivity (Wildman–Crippen MR) is 134 cm³/mol. The number of benzene rings is 2. The Hall–Kier alpha value is -3.01. The molecule has 1 aliphatic carbocycles. The van der Waals surface area contributed by atoms with E-state index in [0.717, 1.165) is 30.6 Å². The van der Waals surface area contributed by atoms with Crippen LogP contribution in [0.1, 0.15) is 51.3 Å². The van der Waals surface area contributed by atoms with Gasteiger partial charge in [-0.2, -0.15) is 0 Å². The van der Waals surface area contributed by atoms with Gasteiger partial charge in [0.2, 0.25) is 10.0 Å². The lowest BCUT2D eigenvalue weighted by molar-refractivity contribution is 0.0937. The summed E-state index contributed by atoms with van der Waals surface area (Å²) in [6, 6.07) is 16.6. The van der Waals surface area contributed by atoms with Gasteiger partial charge >= 0.3 is 0 Å². The number of nitrogens with one attached hydrogen (secondary N) is 3. The second-order valence-corrected chi connectivity index (χ2v) is 11.0. The van der Waals surface area contributed by atoms with Gasteiger partial charge < -0.3 is 10.6 Å². The van der Waals surface area contributed by atoms with E-state index in [-0.39, 0.29) is 22.8 Å². The van der Waals surface area contributed by atoms with Gasteiger partial charge in [-0.25, -0.2) is 13.1 Å². The fraction of sp³-hybridized carbons (Fsp3) is 0.280. The van der Waals surface area contributed by atoms with Crippen LogP contribution in [0.2, 0.25) is 0 Å². The van der Waals surface area contributed by atoms with Crippen molar-refractivity contribution < 1.29 is 18.0 Å². The third-order valence-corrected chi connectivity index (χ3v) is 8.18. The average Bonchev–Trinajstić information content (AvgIpc) is 3.54. The molecule has 0 radical (unpaired) electrons. The van der Waals surface area contributed by atoms with Crippen LogP contribution in [0.3, 0.4) is 0 Å². The Balaban J connectivity index is 1.31. The molecule has 0 atom stereocenters. The molecule has 1 fully saturated rings. The molecule has 0 aliphatic heterocycles. The van der Waals surface area contributed by atoms with Crippen molar-refractivity contribution in [3.8, 4) is 0 Å². The topological polar surface area (TPSA) is 104 Å². The number of thiophene rings is 1. The largest absolute Gasteiger partial charge is 0.349 e. The minimum atomic E-state index is -3.65. The van der Waals surface area contributed by atoms with Gasteiger partial charge in [0.15, 0.2) is 0 Å². The SMILES string of the molecule is O=C(Nc1ccc(C(=O)NC2CCCC2)cc1)c1ccc(S(=O)(=O)NCCc2cccs2)cc1. The predicted octanol–water partition coefficient (Wildman–Crippen LogP) is 4.19. The summed E-state index contributed by atoms with van der Waals surface area (Å²) in [7, 11) is -3.65. The first-order chi connectivity index (χ1) is 16.4. The van der Waals surface area contributed by atoms with E-state index in [1.807, 2.05) is 17.5 Å². The highest BCUT2D eigenvalue weighted by Gasteiger charge is 2.18. The Morgan fingerprint density at radius 3 is 2.18 bits per heavy atom. The summed E-state index contributed by atoms with van der Waals surface area (Å²) in [5, 5.41) is 7.76. The molecule has 2 aromatic carbocycles. The van der Waals surface area contributed by atoms with E-state index in [4.69, 9.17) is 0 Å². The average molecular weight is 498 g/mol. The van der Waals surface area contributed by atoms with E-state index in [1.165, 1.54) is 24.3 Å². The maximum atomic E-state index is 12.6. The van der Waals surface area contributed by atoms with Gasteiger partial charge in [-0.1, -0.05) is 18.9 Å². The minimum absolute atomic E-state index is 0.104. The highest BCUT2D eigenvalue weighted by Crippen LogP contribution is 2.19. The van der Waals surface area contributed by atoms with Crippen LogP contribution >= 0.6 is 11.3 Å². The van der Waals surface area contributed by atoms with Crippen LogP contribution in [-0.2, 0) is 16.4 Å². The van der Waals surface area contributed by atoms with Crippen molar-refractivity contribution in [2.45, 2.75) is 43.0 Å². The summed E-state index contributed by atoms with van der Waals surface area (Å²) in [6.45, 7) is 0.305. The zero-order valence-corrected chi connectivity index (χ0v) is 20.3. The molecule has 3 aromatic rings. The lowest BCUT2D eigenvalue weighted by Gasteiger charge is -2.12. The van der Waals surface area contributed by atoms with Crippen LogP contribution in [-0.4, -0.2) is 32.8 Å². The Bertz CT molecular complexity index is 1220. The molecular weight excluding hydrogens is 470 g/mol. The molecule has 7 nitrogen and oxygen atoms in total. The fourth-order valence-corrected chi connectivity index (χ4v) is 5.62. The molecule has 1 aromatic heterocycles. The van der Waals surface area contributed by atoms with E-state index in [0.29, 0.717) is 29.8 Å². The number of hydrogen-bond donors (Lipinski definition) is 3. The first kappa shape index (κ1) is 24.1. The van der Waals surface area contributed by atoms with Gasteiger partial charge in [-0.3, -0.25) is 9.59 Å². The molecular formula is C25H27N3O4S2. The number of hydrogen-bond acceptors (Lipinski definition) is 5. The molecule has 9 heteroatoms. The summed E-state index contributed by atoms with van der Waals surface area (Å²) in [4.78, 5) is 26.1. The van der Waals surface area contributed by atoms with Crippen LogP contribution in [0.25, 0.3) is 0 Å². The molecule has 1 heterocycles. The van der Waals surface area contributed by atoms with Gasteiger partial charge in [-0.05, 0) is 79.2 Å². The lowest BCUT2D eigenvalue weighted by atomic mass is 10.1. The van der Waals surface area contributed by atoms with Crippen molar-refractivity contribution >= 4 is 38.9 Å². The number of carbonyl (C=O) groups excluding carboxylic acids is 2. The number of anilines is 1. The zero-order chi connectivity index (χ0) is 24.0. The first-order valence-corrected chi connectivity index (χ1v) is 13.6. The van der Waals surface area contributed by atoms with Gasteiger partial charge in [0, 0.05) is 34.3 Å². The van der Waals surface area contributed by atoms with Crippen molar-refractivity contribution in [2.75, 3.05) is 11.9 Å². The Morgan fingerprint density at radius 1 is 0.882 bits per heavy atom. The Kier molecular flexibility index (Phi) is 7.77. The summed E-state index contributed by atoms with van der Waals surface area (Å²) in [6.07, 6.45) is 4.96. The maximum Gasteiger partial charge on any atom is 0.255 e. The number of amides is 2. The molecule has 178 valence electrons. The third kappa shape index (κ3) is 6.31. The Morgan fingerprint density at radius 2 is 1.53 bits per heavy atom. The summed E-state index contributed by atoms with van der Waals surface area (Å²) >= 11 is 1.58. The molecule has 0 unspecified atom stereocenters. The van der Waals surface area contributed by atoms with Crippen LogP contribution in [0.15, 0.2) is 70.9 Å². The molecule has 3 N–H and O–H groups in total. The number of sulfonamides is 1. The second-order valence-electron chi connectivity index (χ2n) is 8.24. The lowest BCUT2D eigenvalue weighted by Crippen LogP contribution is -2.32. The van der Waals surface area contributed by atoms with E-state index in [2.05, 4.69) is 15.4 Å². The van der Waals surface area contributed by atoms with Gasteiger partial charge in [0.1, 0.15) is 0 Å². The van der Waals surface area contributed by atoms with E-state index < -0.39 is 10.0 Å². The smallest absolute Gasteiger partial charge is 0.255 e. The van der Waals surface area contributed by atoms with Crippen LogP contribution in [0.4, 0.5) is 5.69 Å². The quantitative estimate of drug-likeness (QED) is 0.412. The highest BCUT2D eigenvalue weighted by molar-refractivity contribution is 7.89. The fourth-order valence-electron chi connectivity index (χ4n) is 3.88. The van der Waals surface area contributed by atoms with Crippen molar-refractivity contribution in [1.29, 1.82) is 0 Å². The summed E-state index contributed by atoms with van der Waals surface area (Å²) in [5.74, 6) is -0.469. The molecule has 0 saturated heterocycles. The van der Waals surface area contributed by atoms with Crippen molar-refractivity contribution in [3.05, 3.63) is 82.0 Å². The summed E-state index contributed by atoms with van der Waals surface area (Å²) < 4.78 is 27.6. The Labute approximate surface area is 203 Å². The molecule has 2 amide bonds. The molecule has 0 spiro atoms. The first-order valence-electron chi connectivity index (χ1n) is 11.3. The van der Waals surface area contributed by atoms with Crippen LogP contribution < -0.4 is 15.4 Å². The molecule has 0 bridgehead atoms. The highest BCUT2D eigenvalue weighted by atomic mass is 32.2. The maximum absolute atomic E-state index is 12.6. The third-order valence-electron chi connectivity index (χ3n) is 5.77. The number of rotatable bonds is 9. The van der Waals surface area contributed by atoms with Gasteiger partial charge in [0.05, 0.1) is 4.90 Å². The molecule has 4 rings (SSSR count). The van der Waals surface area contributed by atoms with E-state index in [9.17, 15) is 18.0 Å². The minimum Gasteiger partial charge on any atom is -0.349 e. The van der Waals surface area contributed by atoms with Gasteiger partial charge in [-0.15, -0.1) is 11.3 Å². The van der Waals surface area contributed by atoms with Crippen molar-refractivity contribution in [3.63, 3.8) is 0 Å². The second kappa shape index (κ2) is 10.9. The molecule has 34 heavy (non-hydrogen) atoms. The van der Waals surface area contributed by atoms with E-state index in [1.54, 1.807) is 35.6 Å². The number of carbonyl (C=O) groups is 2. The zero-order valence-electron chi connectivity index (χ0n) is 18.6. The standard InChI is InChI=1S/C25H27N3O4S2/c29-24(27-20-4-1-2-5-20)18-7-11-21(12-8-18)28-25(30)19-9-13-23(14-10-19)34(31,32)26-16-15-22-6-3-17-33-22/h3,6-14,17,20,26H,1-2,4-5,15-16H2,(H,27,29)(H,28,30). The normalized spacial score (nSPS) is 14.1. The van der Waals surface area contributed by atoms with Crippen LogP contribution in [0.5, 0.6) is 0 Å². The monoisotopic (exact) mass is 497 g/mol.